The molecule has 0 aromatic heterocycles. The number of nitrogens with zero attached hydrogens (tertiary/aromatic N) is 1. The van der Waals surface area contributed by atoms with Gasteiger partial charge in [0.25, 0.3) is 0 Å². The lowest BCUT2D eigenvalue weighted by molar-refractivity contribution is -0.137. The lowest BCUT2D eigenvalue weighted by Gasteiger charge is -2.31. The topological polar surface area (TPSA) is 46.3 Å². The van der Waals surface area contributed by atoms with Crippen molar-refractivity contribution in [2.75, 3.05) is 0 Å². The van der Waals surface area contributed by atoms with Gasteiger partial charge in [0.2, 0.25) is 5.91 Å². The number of carbonyl (C=O) groups is 1. The number of rotatable bonds is 5. The van der Waals surface area contributed by atoms with Crippen LogP contribution in [0.4, 0.5) is 0 Å². The highest BCUT2D eigenvalue weighted by molar-refractivity contribution is 9.10. The SMILES string of the molecule is CCC(C)(N)C(=O)N(Cc1ccccc1Br)C1CC1. The van der Waals surface area contributed by atoms with Crippen LogP contribution in [-0.2, 0) is 11.3 Å². The van der Waals surface area contributed by atoms with Crippen LogP contribution in [0.2, 0.25) is 0 Å². The third-order valence-electron chi connectivity index (χ3n) is 3.77. The predicted molar refractivity (Wildman–Crippen MR) is 80.6 cm³/mol. The van der Waals surface area contributed by atoms with Gasteiger partial charge in [0.15, 0.2) is 0 Å². The molecular weight excluding hydrogens is 304 g/mol. The summed E-state index contributed by atoms with van der Waals surface area (Å²) in [4.78, 5) is 14.5. The fraction of sp³-hybridized carbons (Fsp3) is 0.533. The first kappa shape index (κ1) is 14.5. The lowest BCUT2D eigenvalue weighted by Crippen LogP contribution is -2.53. The Morgan fingerprint density at radius 2 is 2.11 bits per heavy atom. The van der Waals surface area contributed by atoms with E-state index in [-0.39, 0.29) is 5.91 Å². The minimum absolute atomic E-state index is 0.0632. The molecular formula is C15H21BrN2O. The molecule has 1 amide bonds. The van der Waals surface area contributed by atoms with Crippen LogP contribution in [0.25, 0.3) is 0 Å². The van der Waals surface area contributed by atoms with Gasteiger partial charge in [-0.25, -0.2) is 0 Å². The number of hydrogen-bond donors (Lipinski definition) is 1. The second-order valence-electron chi connectivity index (χ2n) is 5.53. The molecule has 1 atom stereocenters. The Bertz CT molecular complexity index is 469. The summed E-state index contributed by atoms with van der Waals surface area (Å²) in [7, 11) is 0. The van der Waals surface area contributed by atoms with Gasteiger partial charge in [0, 0.05) is 17.1 Å². The zero-order valence-electron chi connectivity index (χ0n) is 11.5. The fourth-order valence-electron chi connectivity index (χ4n) is 2.04. The van der Waals surface area contributed by atoms with Crippen LogP contribution in [0, 0.1) is 0 Å². The zero-order chi connectivity index (χ0) is 14.0. The molecule has 0 aliphatic heterocycles. The van der Waals surface area contributed by atoms with Crippen molar-refractivity contribution in [3.63, 3.8) is 0 Å². The summed E-state index contributed by atoms with van der Waals surface area (Å²) in [6.45, 7) is 4.42. The van der Waals surface area contributed by atoms with Gasteiger partial charge in [0.05, 0.1) is 5.54 Å². The van der Waals surface area contributed by atoms with Crippen LogP contribution >= 0.6 is 15.9 Å². The average Bonchev–Trinajstić information content (AvgIpc) is 3.21. The summed E-state index contributed by atoms with van der Waals surface area (Å²) < 4.78 is 1.05. The van der Waals surface area contributed by atoms with E-state index < -0.39 is 5.54 Å². The molecule has 2 N–H and O–H groups in total. The monoisotopic (exact) mass is 324 g/mol. The second-order valence-corrected chi connectivity index (χ2v) is 6.38. The smallest absolute Gasteiger partial charge is 0.242 e. The fourth-order valence-corrected chi connectivity index (χ4v) is 2.45. The summed E-state index contributed by atoms with van der Waals surface area (Å²) in [5.74, 6) is 0.0632. The van der Waals surface area contributed by atoms with Crippen molar-refractivity contribution >= 4 is 21.8 Å². The highest BCUT2D eigenvalue weighted by Crippen LogP contribution is 2.31. The van der Waals surface area contributed by atoms with E-state index in [0.717, 1.165) is 22.9 Å². The van der Waals surface area contributed by atoms with E-state index in [1.165, 1.54) is 0 Å². The van der Waals surface area contributed by atoms with E-state index in [1.807, 2.05) is 43.0 Å². The van der Waals surface area contributed by atoms with Crippen LogP contribution in [0.15, 0.2) is 28.7 Å². The van der Waals surface area contributed by atoms with Crippen LogP contribution in [0.3, 0.4) is 0 Å². The van der Waals surface area contributed by atoms with Gasteiger partial charge in [0.1, 0.15) is 0 Å². The van der Waals surface area contributed by atoms with E-state index in [2.05, 4.69) is 15.9 Å². The van der Waals surface area contributed by atoms with Crippen LogP contribution in [0.1, 0.15) is 38.7 Å². The molecule has 1 aliphatic rings. The average molecular weight is 325 g/mol. The van der Waals surface area contributed by atoms with Gasteiger partial charge >= 0.3 is 0 Å². The van der Waals surface area contributed by atoms with Crippen molar-refractivity contribution < 1.29 is 4.79 Å². The van der Waals surface area contributed by atoms with E-state index in [9.17, 15) is 4.79 Å². The van der Waals surface area contributed by atoms with Crippen molar-refractivity contribution in [3.05, 3.63) is 34.3 Å². The number of amides is 1. The van der Waals surface area contributed by atoms with Crippen LogP contribution in [-0.4, -0.2) is 22.4 Å². The lowest BCUT2D eigenvalue weighted by atomic mass is 9.98. The van der Waals surface area contributed by atoms with Crippen molar-refractivity contribution in [1.82, 2.24) is 4.90 Å². The van der Waals surface area contributed by atoms with Gasteiger partial charge in [-0.3, -0.25) is 4.79 Å². The molecule has 104 valence electrons. The second kappa shape index (κ2) is 5.63. The minimum Gasteiger partial charge on any atom is -0.334 e. The number of hydrogen-bond acceptors (Lipinski definition) is 2. The van der Waals surface area contributed by atoms with Crippen molar-refractivity contribution in [2.24, 2.45) is 5.73 Å². The molecule has 1 saturated carbocycles. The first-order valence-corrected chi connectivity index (χ1v) is 7.58. The molecule has 1 aliphatic carbocycles. The molecule has 2 rings (SSSR count). The maximum absolute atomic E-state index is 12.6. The molecule has 0 spiro atoms. The summed E-state index contributed by atoms with van der Waals surface area (Å²) >= 11 is 3.54. The molecule has 1 aromatic carbocycles. The van der Waals surface area contributed by atoms with Gasteiger partial charge in [-0.05, 0) is 37.8 Å². The standard InChI is InChI=1S/C15H21BrN2O/c1-3-15(2,17)14(19)18(12-8-9-12)10-11-6-4-5-7-13(11)16/h4-7,12H,3,8-10,17H2,1-2H3. The summed E-state index contributed by atoms with van der Waals surface area (Å²) in [5.41, 5.74) is 6.49. The first-order chi connectivity index (χ1) is 8.95. The van der Waals surface area contributed by atoms with Gasteiger partial charge in [-0.1, -0.05) is 41.1 Å². The van der Waals surface area contributed by atoms with Crippen LogP contribution < -0.4 is 5.73 Å². The quantitative estimate of drug-likeness (QED) is 0.904. The summed E-state index contributed by atoms with van der Waals surface area (Å²) in [6, 6.07) is 8.40. The zero-order valence-corrected chi connectivity index (χ0v) is 13.1. The van der Waals surface area contributed by atoms with Crippen molar-refractivity contribution in [1.29, 1.82) is 0 Å². The number of nitrogens with two attached hydrogens (primary N) is 1. The normalized spacial score (nSPS) is 17.9. The minimum atomic E-state index is -0.760. The Morgan fingerprint density at radius 1 is 1.47 bits per heavy atom. The highest BCUT2D eigenvalue weighted by Gasteiger charge is 2.39. The maximum atomic E-state index is 12.6. The van der Waals surface area contributed by atoms with Gasteiger partial charge in [-0.2, -0.15) is 0 Å². The van der Waals surface area contributed by atoms with Crippen molar-refractivity contribution in [2.45, 2.75) is 51.2 Å². The molecule has 4 heteroatoms. The molecule has 0 saturated heterocycles. The maximum Gasteiger partial charge on any atom is 0.242 e. The summed E-state index contributed by atoms with van der Waals surface area (Å²) in [6.07, 6.45) is 2.84. The molecule has 1 aromatic rings. The van der Waals surface area contributed by atoms with E-state index in [1.54, 1.807) is 0 Å². The first-order valence-electron chi connectivity index (χ1n) is 6.79. The Balaban J connectivity index is 2.18. The molecule has 0 heterocycles. The van der Waals surface area contributed by atoms with E-state index in [4.69, 9.17) is 5.73 Å². The molecule has 0 radical (unpaired) electrons. The van der Waals surface area contributed by atoms with Crippen LogP contribution in [0.5, 0.6) is 0 Å². The number of halogens is 1. The highest BCUT2D eigenvalue weighted by atomic mass is 79.9. The van der Waals surface area contributed by atoms with Gasteiger partial charge < -0.3 is 10.6 Å². The van der Waals surface area contributed by atoms with E-state index in [0.29, 0.717) is 19.0 Å². The molecule has 1 fully saturated rings. The van der Waals surface area contributed by atoms with E-state index >= 15 is 0 Å². The van der Waals surface area contributed by atoms with Gasteiger partial charge in [-0.15, -0.1) is 0 Å². The summed E-state index contributed by atoms with van der Waals surface area (Å²) in [5, 5.41) is 0. The van der Waals surface area contributed by atoms with Crippen molar-refractivity contribution in [3.8, 4) is 0 Å². The third kappa shape index (κ3) is 3.37. The Morgan fingerprint density at radius 3 is 2.63 bits per heavy atom. The Hall–Kier alpha value is -0.870. The molecule has 0 bridgehead atoms. The third-order valence-corrected chi connectivity index (χ3v) is 4.54. The molecule has 3 nitrogen and oxygen atoms in total. The Labute approximate surface area is 123 Å². The number of carbonyl (C=O) groups excluding carboxylic acids is 1. The number of benzene rings is 1. The predicted octanol–water partition coefficient (Wildman–Crippen LogP) is 3.07. The largest absolute Gasteiger partial charge is 0.334 e. The molecule has 1 unspecified atom stereocenters. The molecule has 19 heavy (non-hydrogen) atoms. The Kier molecular flexibility index (Phi) is 4.31.